The van der Waals surface area contributed by atoms with E-state index in [4.69, 9.17) is 0 Å². The molecule has 0 saturated carbocycles. The van der Waals surface area contributed by atoms with Crippen LogP contribution < -0.4 is 5.43 Å². The van der Waals surface area contributed by atoms with E-state index in [9.17, 15) is 24.3 Å². The third-order valence-corrected chi connectivity index (χ3v) is 4.06. The van der Waals surface area contributed by atoms with Crippen molar-refractivity contribution in [2.75, 3.05) is 0 Å². The molecule has 0 atom stereocenters. The number of benzene rings is 3. The topological polar surface area (TPSA) is 104 Å². The summed E-state index contributed by atoms with van der Waals surface area (Å²) in [7, 11) is 0. The van der Waals surface area contributed by atoms with Gasteiger partial charge >= 0.3 is 5.97 Å². The lowest BCUT2D eigenvalue weighted by Crippen LogP contribution is -2.50. The number of amides is 3. The molecule has 3 amide bonds. The molecule has 0 bridgehead atoms. The van der Waals surface area contributed by atoms with E-state index < -0.39 is 23.7 Å². The Bertz CT molecular complexity index is 1010. The molecule has 0 aliphatic heterocycles. The third-order valence-electron chi connectivity index (χ3n) is 4.06. The molecule has 0 spiro atoms. The molecular formula is C22H16N2O5. The normalized spacial score (nSPS) is 10.1. The lowest BCUT2D eigenvalue weighted by atomic mass is 10.1. The van der Waals surface area contributed by atoms with Crippen LogP contribution in [0.1, 0.15) is 41.4 Å². The summed E-state index contributed by atoms with van der Waals surface area (Å²) in [6, 6.07) is 21.5. The van der Waals surface area contributed by atoms with E-state index in [2.05, 4.69) is 5.43 Å². The fourth-order valence-corrected chi connectivity index (χ4v) is 2.64. The summed E-state index contributed by atoms with van der Waals surface area (Å²) >= 11 is 0. The smallest absolute Gasteiger partial charge is 0.336 e. The number of carboxylic acids is 1. The molecule has 7 heteroatoms. The highest BCUT2D eigenvalue weighted by Gasteiger charge is 2.27. The van der Waals surface area contributed by atoms with Gasteiger partial charge in [-0.15, -0.1) is 0 Å². The molecule has 3 aromatic rings. The van der Waals surface area contributed by atoms with Crippen molar-refractivity contribution in [3.05, 3.63) is 107 Å². The fraction of sp³-hybridized carbons (Fsp3) is 0. The van der Waals surface area contributed by atoms with Gasteiger partial charge in [0.15, 0.2) is 0 Å². The average Bonchev–Trinajstić information content (AvgIpc) is 2.77. The van der Waals surface area contributed by atoms with Gasteiger partial charge in [-0.2, -0.15) is 5.01 Å². The van der Waals surface area contributed by atoms with E-state index in [0.717, 1.165) is 0 Å². The summed E-state index contributed by atoms with van der Waals surface area (Å²) in [5.74, 6) is -3.69. The van der Waals surface area contributed by atoms with Crippen LogP contribution in [0.4, 0.5) is 0 Å². The molecule has 7 nitrogen and oxygen atoms in total. The molecule has 0 radical (unpaired) electrons. The number of nitrogens with zero attached hydrogens (tertiary/aromatic N) is 1. The number of imide groups is 1. The zero-order valence-corrected chi connectivity index (χ0v) is 15.1. The first kappa shape index (κ1) is 19.5. The Balaban J connectivity index is 1.98. The van der Waals surface area contributed by atoms with E-state index in [-0.39, 0.29) is 22.3 Å². The number of hydrogen-bond acceptors (Lipinski definition) is 4. The summed E-state index contributed by atoms with van der Waals surface area (Å²) in [5, 5.41) is 9.88. The van der Waals surface area contributed by atoms with E-state index >= 15 is 0 Å². The highest BCUT2D eigenvalue weighted by Crippen LogP contribution is 2.12. The molecule has 144 valence electrons. The summed E-state index contributed by atoms with van der Waals surface area (Å²) in [6.07, 6.45) is 0. The highest BCUT2D eigenvalue weighted by molar-refractivity contribution is 6.13. The first-order valence-electron chi connectivity index (χ1n) is 8.61. The van der Waals surface area contributed by atoms with Gasteiger partial charge in [0.05, 0.1) is 11.1 Å². The molecule has 2 N–H and O–H groups in total. The molecule has 3 aromatic carbocycles. The molecule has 0 heterocycles. The van der Waals surface area contributed by atoms with Crippen molar-refractivity contribution < 1.29 is 24.3 Å². The minimum atomic E-state index is -1.30. The maximum Gasteiger partial charge on any atom is 0.336 e. The van der Waals surface area contributed by atoms with Crippen LogP contribution in [-0.4, -0.2) is 33.8 Å². The van der Waals surface area contributed by atoms with Gasteiger partial charge in [0.2, 0.25) is 0 Å². The Kier molecular flexibility index (Phi) is 5.80. The van der Waals surface area contributed by atoms with Gasteiger partial charge in [0.1, 0.15) is 0 Å². The third kappa shape index (κ3) is 4.36. The van der Waals surface area contributed by atoms with Crippen LogP contribution in [0.25, 0.3) is 0 Å². The van der Waals surface area contributed by atoms with Gasteiger partial charge in [-0.1, -0.05) is 48.5 Å². The van der Waals surface area contributed by atoms with Crippen LogP contribution >= 0.6 is 0 Å². The van der Waals surface area contributed by atoms with Crippen molar-refractivity contribution in [3.8, 4) is 0 Å². The van der Waals surface area contributed by atoms with Crippen molar-refractivity contribution >= 4 is 23.7 Å². The van der Waals surface area contributed by atoms with Gasteiger partial charge < -0.3 is 5.11 Å². The molecule has 0 aliphatic carbocycles. The van der Waals surface area contributed by atoms with Gasteiger partial charge in [-0.3, -0.25) is 19.8 Å². The van der Waals surface area contributed by atoms with Crippen LogP contribution in [0.2, 0.25) is 0 Å². The SMILES string of the molecule is O=C(O)c1ccccc1C(=O)NN(C(=O)c1ccccc1)C(=O)c1ccccc1. The molecule has 0 fully saturated rings. The Morgan fingerprint density at radius 1 is 0.621 bits per heavy atom. The minimum Gasteiger partial charge on any atom is -0.478 e. The van der Waals surface area contributed by atoms with Crippen molar-refractivity contribution in [3.63, 3.8) is 0 Å². The number of carboxylic acid groups (broad SMARTS) is 1. The van der Waals surface area contributed by atoms with Gasteiger partial charge in [0.25, 0.3) is 17.7 Å². The molecule has 0 unspecified atom stereocenters. The van der Waals surface area contributed by atoms with E-state index in [1.165, 1.54) is 48.5 Å². The maximum atomic E-state index is 12.9. The van der Waals surface area contributed by atoms with Crippen LogP contribution in [0, 0.1) is 0 Å². The molecule has 0 aromatic heterocycles. The zero-order valence-electron chi connectivity index (χ0n) is 15.1. The van der Waals surface area contributed by atoms with Gasteiger partial charge in [0, 0.05) is 11.1 Å². The van der Waals surface area contributed by atoms with Crippen molar-refractivity contribution in [2.45, 2.75) is 0 Å². The average molecular weight is 388 g/mol. The summed E-state index contributed by atoms with van der Waals surface area (Å²) < 4.78 is 0. The summed E-state index contributed by atoms with van der Waals surface area (Å²) in [6.45, 7) is 0. The first-order valence-corrected chi connectivity index (χ1v) is 8.61. The lowest BCUT2D eigenvalue weighted by Gasteiger charge is -2.22. The molecular weight excluding hydrogens is 372 g/mol. The van der Waals surface area contributed by atoms with Crippen molar-refractivity contribution in [1.82, 2.24) is 10.4 Å². The highest BCUT2D eigenvalue weighted by atomic mass is 16.4. The Labute approximate surface area is 166 Å². The van der Waals surface area contributed by atoms with Crippen LogP contribution in [0.3, 0.4) is 0 Å². The van der Waals surface area contributed by atoms with Gasteiger partial charge in [-0.05, 0) is 36.4 Å². The number of rotatable bonds is 4. The quantitative estimate of drug-likeness (QED) is 0.528. The fourth-order valence-electron chi connectivity index (χ4n) is 2.64. The number of hydrogen-bond donors (Lipinski definition) is 2. The van der Waals surface area contributed by atoms with Crippen LogP contribution in [0.15, 0.2) is 84.9 Å². The summed E-state index contributed by atoms with van der Waals surface area (Å²) in [4.78, 5) is 50.0. The molecule has 0 aliphatic rings. The lowest BCUT2D eigenvalue weighted by molar-refractivity contribution is 0.0483. The predicted molar refractivity (Wildman–Crippen MR) is 104 cm³/mol. The van der Waals surface area contributed by atoms with Gasteiger partial charge in [-0.25, -0.2) is 4.79 Å². The van der Waals surface area contributed by atoms with E-state index in [1.807, 2.05) is 0 Å². The number of hydrazine groups is 1. The number of nitrogens with one attached hydrogen (secondary N) is 1. The molecule has 0 saturated heterocycles. The monoisotopic (exact) mass is 388 g/mol. The largest absolute Gasteiger partial charge is 0.478 e. The van der Waals surface area contributed by atoms with E-state index in [1.54, 1.807) is 36.4 Å². The Morgan fingerprint density at radius 3 is 1.48 bits per heavy atom. The molecule has 3 rings (SSSR count). The maximum absolute atomic E-state index is 12.9. The van der Waals surface area contributed by atoms with E-state index in [0.29, 0.717) is 5.01 Å². The molecule has 29 heavy (non-hydrogen) atoms. The first-order chi connectivity index (χ1) is 14.0. The second kappa shape index (κ2) is 8.62. The number of carbonyl (C=O) groups is 4. The van der Waals surface area contributed by atoms with Crippen LogP contribution in [-0.2, 0) is 0 Å². The predicted octanol–water partition coefficient (Wildman–Crippen LogP) is 3.01. The van der Waals surface area contributed by atoms with Crippen molar-refractivity contribution in [1.29, 1.82) is 0 Å². The minimum absolute atomic E-state index is 0.174. The number of aromatic carboxylic acids is 1. The number of carbonyl (C=O) groups excluding carboxylic acids is 3. The zero-order chi connectivity index (χ0) is 20.8. The second-order valence-corrected chi connectivity index (χ2v) is 5.97. The Morgan fingerprint density at radius 2 is 1.03 bits per heavy atom. The standard InChI is InChI=1S/C22H16N2O5/c25-19(17-13-7-8-14-18(17)22(28)29)23-24(20(26)15-9-3-1-4-10-15)21(27)16-11-5-2-6-12-16/h1-14H,(H,23,25)(H,28,29). The second-order valence-electron chi connectivity index (χ2n) is 5.97. The summed E-state index contributed by atoms with van der Waals surface area (Å²) in [5.41, 5.74) is 2.20. The van der Waals surface area contributed by atoms with Crippen molar-refractivity contribution in [2.24, 2.45) is 0 Å². The van der Waals surface area contributed by atoms with Crippen LogP contribution in [0.5, 0.6) is 0 Å². The Hall–Kier alpha value is -4.26.